The summed E-state index contributed by atoms with van der Waals surface area (Å²) in [5, 5.41) is 14.3. The molecule has 1 aromatic heterocycles. The molecule has 0 bridgehead atoms. The third-order valence-electron chi connectivity index (χ3n) is 2.94. The molecule has 2 N–H and O–H groups in total. The SMILES string of the molecule is CC(C)NC(=O)NC(=O)CSc1nnc(-c2ccc(Cl)cc2)n1C. The highest BCUT2D eigenvalue weighted by Gasteiger charge is 2.14. The van der Waals surface area contributed by atoms with Crippen LogP contribution in [0.15, 0.2) is 29.4 Å². The lowest BCUT2D eigenvalue weighted by Gasteiger charge is -2.08. The van der Waals surface area contributed by atoms with Crippen LogP contribution in [0.4, 0.5) is 4.79 Å². The molecule has 0 saturated carbocycles. The molecule has 1 heterocycles. The number of benzene rings is 1. The summed E-state index contributed by atoms with van der Waals surface area (Å²) in [6.07, 6.45) is 0. The van der Waals surface area contributed by atoms with Crippen molar-refractivity contribution < 1.29 is 9.59 Å². The van der Waals surface area contributed by atoms with Crippen molar-refractivity contribution in [3.05, 3.63) is 29.3 Å². The van der Waals surface area contributed by atoms with Gasteiger partial charge in [0.25, 0.3) is 0 Å². The Morgan fingerprint density at radius 2 is 1.92 bits per heavy atom. The second-order valence-corrected chi connectivity index (χ2v) is 6.72. The van der Waals surface area contributed by atoms with Crippen molar-refractivity contribution in [1.29, 1.82) is 0 Å². The van der Waals surface area contributed by atoms with Crippen molar-refractivity contribution in [3.63, 3.8) is 0 Å². The van der Waals surface area contributed by atoms with Gasteiger partial charge in [-0.25, -0.2) is 4.79 Å². The summed E-state index contributed by atoms with van der Waals surface area (Å²) >= 11 is 7.08. The summed E-state index contributed by atoms with van der Waals surface area (Å²) in [6.45, 7) is 3.63. The summed E-state index contributed by atoms with van der Waals surface area (Å²) in [5.41, 5.74) is 0.877. The number of carbonyl (C=O) groups is 2. The Kier molecular flexibility index (Phi) is 6.22. The van der Waals surface area contributed by atoms with Crippen molar-refractivity contribution in [1.82, 2.24) is 25.4 Å². The Hall–Kier alpha value is -2.06. The number of aromatic nitrogens is 3. The van der Waals surface area contributed by atoms with Gasteiger partial charge in [0, 0.05) is 23.7 Å². The molecule has 9 heteroatoms. The lowest BCUT2D eigenvalue weighted by Crippen LogP contribution is -2.43. The van der Waals surface area contributed by atoms with Gasteiger partial charge < -0.3 is 9.88 Å². The van der Waals surface area contributed by atoms with Gasteiger partial charge in [-0.15, -0.1) is 10.2 Å². The van der Waals surface area contributed by atoms with Gasteiger partial charge in [-0.05, 0) is 38.1 Å². The third kappa shape index (κ3) is 4.97. The Balaban J connectivity index is 1.95. The van der Waals surface area contributed by atoms with Crippen molar-refractivity contribution in [2.24, 2.45) is 7.05 Å². The van der Waals surface area contributed by atoms with Gasteiger partial charge in [0.1, 0.15) is 0 Å². The van der Waals surface area contributed by atoms with Gasteiger partial charge in [-0.3, -0.25) is 10.1 Å². The smallest absolute Gasteiger partial charge is 0.321 e. The highest BCUT2D eigenvalue weighted by molar-refractivity contribution is 7.99. The number of thioether (sulfide) groups is 1. The van der Waals surface area contributed by atoms with Crippen LogP contribution in [0.5, 0.6) is 0 Å². The van der Waals surface area contributed by atoms with Gasteiger partial charge >= 0.3 is 6.03 Å². The fourth-order valence-corrected chi connectivity index (χ4v) is 2.72. The van der Waals surface area contributed by atoms with Crippen LogP contribution < -0.4 is 10.6 Å². The molecule has 2 rings (SSSR count). The molecular weight excluding hydrogens is 350 g/mol. The van der Waals surface area contributed by atoms with Crippen molar-refractivity contribution >= 4 is 35.3 Å². The monoisotopic (exact) mass is 367 g/mol. The number of halogens is 1. The second kappa shape index (κ2) is 8.16. The van der Waals surface area contributed by atoms with Crippen molar-refractivity contribution in [2.75, 3.05) is 5.75 Å². The number of amides is 3. The van der Waals surface area contributed by atoms with Gasteiger partial charge in [-0.2, -0.15) is 0 Å². The number of hydrogen-bond donors (Lipinski definition) is 2. The lowest BCUT2D eigenvalue weighted by atomic mass is 10.2. The first kappa shape index (κ1) is 18.3. The molecule has 0 unspecified atom stereocenters. The van der Waals surface area contributed by atoms with Crippen molar-refractivity contribution in [3.8, 4) is 11.4 Å². The molecule has 0 radical (unpaired) electrons. The first-order valence-electron chi connectivity index (χ1n) is 7.25. The van der Waals surface area contributed by atoms with Crippen molar-refractivity contribution in [2.45, 2.75) is 25.0 Å². The fraction of sp³-hybridized carbons (Fsp3) is 0.333. The zero-order valence-corrected chi connectivity index (χ0v) is 15.1. The predicted octanol–water partition coefficient (Wildman–Crippen LogP) is 2.46. The largest absolute Gasteiger partial charge is 0.336 e. The average molecular weight is 368 g/mol. The van der Waals surface area contributed by atoms with Gasteiger partial charge in [0.05, 0.1) is 5.75 Å². The fourth-order valence-electron chi connectivity index (χ4n) is 1.88. The summed E-state index contributed by atoms with van der Waals surface area (Å²) in [5.74, 6) is 0.347. The summed E-state index contributed by atoms with van der Waals surface area (Å²) in [7, 11) is 1.82. The van der Waals surface area contributed by atoms with E-state index >= 15 is 0 Å². The number of nitrogens with one attached hydrogen (secondary N) is 2. The van der Waals surface area contributed by atoms with Crippen LogP contribution >= 0.6 is 23.4 Å². The molecule has 7 nitrogen and oxygen atoms in total. The Bertz CT molecular complexity index is 730. The summed E-state index contributed by atoms with van der Waals surface area (Å²) in [6, 6.07) is 6.72. The van der Waals surface area contributed by atoms with Crippen LogP contribution in [0.1, 0.15) is 13.8 Å². The maximum atomic E-state index is 11.8. The molecule has 0 fully saturated rings. The van der Waals surface area contributed by atoms with Crippen LogP contribution in [-0.4, -0.2) is 38.5 Å². The van der Waals surface area contributed by atoms with E-state index in [9.17, 15) is 9.59 Å². The highest BCUT2D eigenvalue weighted by atomic mass is 35.5. The van der Waals surface area contributed by atoms with Crippen LogP contribution in [0.2, 0.25) is 5.02 Å². The zero-order valence-electron chi connectivity index (χ0n) is 13.5. The van der Waals surface area contributed by atoms with E-state index < -0.39 is 11.9 Å². The van der Waals surface area contributed by atoms with E-state index in [1.807, 2.05) is 33.0 Å². The Labute approximate surface area is 149 Å². The van der Waals surface area contributed by atoms with Gasteiger partial charge in [0.2, 0.25) is 5.91 Å². The molecule has 3 amide bonds. The van der Waals surface area contributed by atoms with E-state index in [1.165, 1.54) is 11.8 Å². The first-order valence-corrected chi connectivity index (χ1v) is 8.61. The molecule has 24 heavy (non-hydrogen) atoms. The number of imide groups is 1. The molecule has 0 saturated heterocycles. The molecule has 1 aromatic carbocycles. The average Bonchev–Trinajstić information content (AvgIpc) is 2.86. The predicted molar refractivity (Wildman–Crippen MR) is 94.0 cm³/mol. The van der Waals surface area contributed by atoms with Crippen LogP contribution in [-0.2, 0) is 11.8 Å². The second-order valence-electron chi connectivity index (χ2n) is 5.34. The van der Waals surface area contributed by atoms with E-state index in [2.05, 4.69) is 20.8 Å². The van der Waals surface area contributed by atoms with Crippen LogP contribution in [0.3, 0.4) is 0 Å². The first-order chi connectivity index (χ1) is 11.4. The Morgan fingerprint density at radius 3 is 2.54 bits per heavy atom. The quantitative estimate of drug-likeness (QED) is 0.792. The van der Waals surface area contributed by atoms with Gasteiger partial charge in [-0.1, -0.05) is 23.4 Å². The van der Waals surface area contributed by atoms with Crippen LogP contribution in [0, 0.1) is 0 Å². The van der Waals surface area contributed by atoms with E-state index in [1.54, 1.807) is 16.7 Å². The number of nitrogens with zero attached hydrogens (tertiary/aromatic N) is 3. The minimum absolute atomic E-state index is 0.0360. The van der Waals surface area contributed by atoms with Gasteiger partial charge in [0.15, 0.2) is 11.0 Å². The molecule has 0 aliphatic rings. The number of hydrogen-bond acceptors (Lipinski definition) is 5. The van der Waals surface area contributed by atoms with E-state index in [-0.39, 0.29) is 11.8 Å². The lowest BCUT2D eigenvalue weighted by molar-refractivity contribution is -0.117. The molecular formula is C15H18ClN5O2S. The van der Waals surface area contributed by atoms with Crippen LogP contribution in [0.25, 0.3) is 11.4 Å². The molecule has 128 valence electrons. The number of carbonyl (C=O) groups excluding carboxylic acids is 2. The number of rotatable bonds is 5. The molecule has 0 atom stereocenters. The summed E-state index contributed by atoms with van der Waals surface area (Å²) in [4.78, 5) is 23.2. The zero-order chi connectivity index (χ0) is 17.7. The maximum Gasteiger partial charge on any atom is 0.321 e. The molecule has 0 spiro atoms. The minimum atomic E-state index is -0.504. The standard InChI is InChI=1S/C15H18ClN5O2S/c1-9(2)17-14(23)18-12(22)8-24-15-20-19-13(21(15)3)10-4-6-11(16)7-5-10/h4-7,9H,8H2,1-3H3,(H2,17,18,22,23). The minimum Gasteiger partial charge on any atom is -0.336 e. The van der Waals surface area contributed by atoms with E-state index in [0.717, 1.165) is 5.56 Å². The number of urea groups is 1. The van der Waals surface area contributed by atoms with E-state index in [0.29, 0.717) is 16.0 Å². The third-order valence-corrected chi connectivity index (χ3v) is 4.21. The normalized spacial score (nSPS) is 10.7. The molecule has 2 aromatic rings. The maximum absolute atomic E-state index is 11.8. The van der Waals surface area contributed by atoms with E-state index in [4.69, 9.17) is 11.6 Å². The molecule has 0 aliphatic heterocycles. The highest BCUT2D eigenvalue weighted by Crippen LogP contribution is 2.23. The topological polar surface area (TPSA) is 88.9 Å². The molecule has 0 aliphatic carbocycles. The summed E-state index contributed by atoms with van der Waals surface area (Å²) < 4.78 is 1.79. The Morgan fingerprint density at radius 1 is 1.25 bits per heavy atom.